The van der Waals surface area contributed by atoms with Crippen LogP contribution in [0.25, 0.3) is 0 Å². The topological polar surface area (TPSA) is 37.0 Å². The Morgan fingerprint density at radius 2 is 2.14 bits per heavy atom. The fourth-order valence-electron chi connectivity index (χ4n) is 0.940. The molecule has 0 saturated carbocycles. The van der Waals surface area contributed by atoms with Crippen molar-refractivity contribution in [3.05, 3.63) is 24.5 Å². The van der Waals surface area contributed by atoms with Crippen LogP contribution in [0.1, 0.15) is 20.8 Å². The number of rotatable bonds is 1. The number of pyridine rings is 1. The van der Waals surface area contributed by atoms with Crippen molar-refractivity contribution in [1.82, 2.24) is 10.3 Å². The molecule has 1 aromatic heterocycles. The van der Waals surface area contributed by atoms with Gasteiger partial charge in [-0.25, -0.2) is 0 Å². The third kappa shape index (κ3) is 4.18. The monoisotopic (exact) mass is 209 g/mol. The van der Waals surface area contributed by atoms with Gasteiger partial charge in [-0.15, -0.1) is 0 Å². The second kappa shape index (κ2) is 4.37. The molecule has 3 nitrogen and oxygen atoms in total. The Bertz CT molecular complexity index is 303. The molecule has 0 amide bonds. The molecule has 4 heteroatoms. The van der Waals surface area contributed by atoms with Crippen LogP contribution in [0.5, 0.6) is 0 Å². The van der Waals surface area contributed by atoms with Gasteiger partial charge in [0.15, 0.2) is 5.11 Å². The van der Waals surface area contributed by atoms with Gasteiger partial charge in [-0.05, 0) is 45.1 Å². The summed E-state index contributed by atoms with van der Waals surface area (Å²) in [5, 5.41) is 6.83. The Balaban J connectivity index is 2.50. The summed E-state index contributed by atoms with van der Waals surface area (Å²) in [7, 11) is 0. The highest BCUT2D eigenvalue weighted by Crippen LogP contribution is 2.04. The van der Waals surface area contributed by atoms with Crippen molar-refractivity contribution in [3.8, 4) is 0 Å². The molecule has 0 radical (unpaired) electrons. The molecular formula is C10H15N3S. The molecule has 0 fully saturated rings. The maximum atomic E-state index is 5.13. The van der Waals surface area contributed by atoms with Gasteiger partial charge < -0.3 is 10.6 Å². The zero-order chi connectivity index (χ0) is 10.6. The van der Waals surface area contributed by atoms with Crippen molar-refractivity contribution in [2.24, 2.45) is 0 Å². The summed E-state index contributed by atoms with van der Waals surface area (Å²) in [6, 6.07) is 3.78. The van der Waals surface area contributed by atoms with Crippen molar-refractivity contribution < 1.29 is 0 Å². The first kappa shape index (κ1) is 10.9. The maximum absolute atomic E-state index is 5.13. The van der Waals surface area contributed by atoms with Crippen LogP contribution in [0, 0.1) is 0 Å². The molecule has 0 aliphatic heterocycles. The van der Waals surface area contributed by atoms with Crippen LogP contribution in [0.2, 0.25) is 0 Å². The lowest BCUT2D eigenvalue weighted by atomic mass is 10.1. The Morgan fingerprint density at radius 3 is 2.64 bits per heavy atom. The van der Waals surface area contributed by atoms with Crippen molar-refractivity contribution in [2.75, 3.05) is 5.32 Å². The maximum Gasteiger partial charge on any atom is 0.171 e. The van der Waals surface area contributed by atoms with E-state index < -0.39 is 0 Å². The molecule has 0 atom stereocenters. The molecule has 76 valence electrons. The fraction of sp³-hybridized carbons (Fsp3) is 0.400. The highest BCUT2D eigenvalue weighted by atomic mass is 32.1. The SMILES string of the molecule is CC(C)(C)NC(=S)Nc1cccnc1. The van der Waals surface area contributed by atoms with Crippen LogP contribution < -0.4 is 10.6 Å². The highest BCUT2D eigenvalue weighted by Gasteiger charge is 2.10. The number of aromatic nitrogens is 1. The molecule has 0 unspecified atom stereocenters. The summed E-state index contributed by atoms with van der Waals surface area (Å²) in [6.07, 6.45) is 3.46. The number of nitrogens with zero attached hydrogens (tertiary/aromatic N) is 1. The number of nitrogens with one attached hydrogen (secondary N) is 2. The molecule has 2 N–H and O–H groups in total. The van der Waals surface area contributed by atoms with Crippen LogP contribution >= 0.6 is 12.2 Å². The molecular weight excluding hydrogens is 194 g/mol. The van der Waals surface area contributed by atoms with Crippen LogP contribution in [0.4, 0.5) is 5.69 Å². The first-order valence-electron chi connectivity index (χ1n) is 4.46. The first-order valence-corrected chi connectivity index (χ1v) is 4.87. The molecule has 0 saturated heterocycles. The molecule has 0 bridgehead atoms. The standard InChI is InChI=1S/C10H15N3S/c1-10(2,3)13-9(14)12-8-5-4-6-11-7-8/h4-7H,1-3H3,(H2,12,13,14). The third-order valence-electron chi connectivity index (χ3n) is 1.41. The number of hydrogen-bond donors (Lipinski definition) is 2. The van der Waals surface area contributed by atoms with E-state index in [-0.39, 0.29) is 5.54 Å². The van der Waals surface area contributed by atoms with E-state index in [1.165, 1.54) is 0 Å². The Labute approximate surface area is 89.9 Å². The van der Waals surface area contributed by atoms with Crippen LogP contribution in [0.3, 0.4) is 0 Å². The summed E-state index contributed by atoms with van der Waals surface area (Å²) in [5.74, 6) is 0. The molecule has 0 aromatic carbocycles. The summed E-state index contributed by atoms with van der Waals surface area (Å²) in [5.41, 5.74) is 0.876. The smallest absolute Gasteiger partial charge is 0.171 e. The minimum atomic E-state index is -0.0215. The summed E-state index contributed by atoms with van der Waals surface area (Å²) >= 11 is 5.13. The first-order chi connectivity index (χ1) is 6.47. The molecule has 1 aromatic rings. The van der Waals surface area contributed by atoms with Crippen molar-refractivity contribution >= 4 is 23.0 Å². The lowest BCUT2D eigenvalue weighted by molar-refractivity contribution is 0.515. The van der Waals surface area contributed by atoms with E-state index in [0.717, 1.165) is 5.69 Å². The van der Waals surface area contributed by atoms with E-state index in [0.29, 0.717) is 5.11 Å². The average molecular weight is 209 g/mol. The van der Waals surface area contributed by atoms with Gasteiger partial charge >= 0.3 is 0 Å². The zero-order valence-corrected chi connectivity index (χ0v) is 9.48. The molecule has 1 rings (SSSR count). The minimum absolute atomic E-state index is 0.0215. The highest BCUT2D eigenvalue weighted by molar-refractivity contribution is 7.80. The molecule has 0 aliphatic carbocycles. The predicted octanol–water partition coefficient (Wildman–Crippen LogP) is 2.17. The van der Waals surface area contributed by atoms with Crippen LogP contribution in [-0.4, -0.2) is 15.6 Å². The third-order valence-corrected chi connectivity index (χ3v) is 1.61. The number of hydrogen-bond acceptors (Lipinski definition) is 2. The molecule has 0 aliphatic rings. The molecule has 14 heavy (non-hydrogen) atoms. The number of thiocarbonyl (C=S) groups is 1. The van der Waals surface area contributed by atoms with E-state index in [2.05, 4.69) is 36.4 Å². The second-order valence-corrected chi connectivity index (χ2v) is 4.48. The van der Waals surface area contributed by atoms with Gasteiger partial charge in [-0.3, -0.25) is 4.98 Å². The second-order valence-electron chi connectivity index (χ2n) is 4.07. The zero-order valence-electron chi connectivity index (χ0n) is 8.66. The summed E-state index contributed by atoms with van der Waals surface area (Å²) < 4.78 is 0. The van der Waals surface area contributed by atoms with Gasteiger partial charge in [0.05, 0.1) is 11.9 Å². The van der Waals surface area contributed by atoms with Crippen LogP contribution in [0.15, 0.2) is 24.5 Å². The van der Waals surface area contributed by atoms with E-state index >= 15 is 0 Å². The van der Waals surface area contributed by atoms with Gasteiger partial charge in [0.2, 0.25) is 0 Å². The lowest BCUT2D eigenvalue weighted by Crippen LogP contribution is -2.42. The quantitative estimate of drug-likeness (QED) is 0.695. The lowest BCUT2D eigenvalue weighted by Gasteiger charge is -2.22. The van der Waals surface area contributed by atoms with Crippen molar-refractivity contribution in [1.29, 1.82) is 0 Å². The van der Waals surface area contributed by atoms with E-state index in [4.69, 9.17) is 12.2 Å². The Hall–Kier alpha value is -1.16. The van der Waals surface area contributed by atoms with Crippen LogP contribution in [-0.2, 0) is 0 Å². The Kier molecular flexibility index (Phi) is 3.41. The predicted molar refractivity (Wildman–Crippen MR) is 63.3 cm³/mol. The summed E-state index contributed by atoms with van der Waals surface area (Å²) in [4.78, 5) is 3.98. The van der Waals surface area contributed by atoms with Gasteiger partial charge in [0.25, 0.3) is 0 Å². The van der Waals surface area contributed by atoms with Crippen molar-refractivity contribution in [2.45, 2.75) is 26.3 Å². The van der Waals surface area contributed by atoms with E-state index in [9.17, 15) is 0 Å². The molecule has 0 spiro atoms. The van der Waals surface area contributed by atoms with Gasteiger partial charge in [0.1, 0.15) is 0 Å². The summed E-state index contributed by atoms with van der Waals surface area (Å²) in [6.45, 7) is 6.18. The van der Waals surface area contributed by atoms with Crippen molar-refractivity contribution in [3.63, 3.8) is 0 Å². The van der Waals surface area contributed by atoms with E-state index in [1.54, 1.807) is 12.4 Å². The van der Waals surface area contributed by atoms with Gasteiger partial charge in [0, 0.05) is 11.7 Å². The van der Waals surface area contributed by atoms with Gasteiger partial charge in [-0.1, -0.05) is 0 Å². The minimum Gasteiger partial charge on any atom is -0.358 e. The van der Waals surface area contributed by atoms with Gasteiger partial charge in [-0.2, -0.15) is 0 Å². The Morgan fingerprint density at radius 1 is 1.43 bits per heavy atom. The van der Waals surface area contributed by atoms with E-state index in [1.807, 2.05) is 12.1 Å². The average Bonchev–Trinajstić information content (AvgIpc) is 2.02. The molecule has 1 heterocycles. The normalized spacial score (nSPS) is 10.8. The number of anilines is 1. The largest absolute Gasteiger partial charge is 0.358 e. The fourth-order valence-corrected chi connectivity index (χ4v) is 1.36.